The number of likely N-dealkylation sites (N-methyl/N-ethyl adjacent to an activating group) is 1. The van der Waals surface area contributed by atoms with Crippen LogP contribution in [0.2, 0.25) is 0 Å². The smallest absolute Gasteiger partial charge is 0.264 e. The quantitative estimate of drug-likeness (QED) is 0.304. The molecule has 1 atom stereocenters. The summed E-state index contributed by atoms with van der Waals surface area (Å²) < 4.78 is 26.7. The fourth-order valence-corrected chi connectivity index (χ4v) is 5.57. The van der Waals surface area contributed by atoms with E-state index in [4.69, 9.17) is 9.47 Å². The van der Waals surface area contributed by atoms with Crippen LogP contribution in [0.5, 0.6) is 5.75 Å². The van der Waals surface area contributed by atoms with Crippen LogP contribution < -0.4 is 10.1 Å². The number of halogens is 1. The van der Waals surface area contributed by atoms with Crippen LogP contribution in [0.25, 0.3) is 10.2 Å². The Morgan fingerprint density at radius 2 is 1.93 bits per heavy atom. The first kappa shape index (κ1) is 28.8. The summed E-state index contributed by atoms with van der Waals surface area (Å²) >= 11 is 1.33. The molecule has 0 saturated carbocycles. The van der Waals surface area contributed by atoms with Crippen LogP contribution in [-0.2, 0) is 14.3 Å². The summed E-state index contributed by atoms with van der Waals surface area (Å²) in [6, 6.07) is 11.2. The number of nitrogens with zero attached hydrogens (tertiary/aromatic N) is 4. The molecule has 1 unspecified atom stereocenters. The van der Waals surface area contributed by atoms with Crippen LogP contribution in [0.1, 0.15) is 10.4 Å². The van der Waals surface area contributed by atoms with Gasteiger partial charge in [-0.25, -0.2) is 9.37 Å². The molecule has 2 aliphatic rings. The molecule has 0 aliphatic carbocycles. The highest BCUT2D eigenvalue weighted by Crippen LogP contribution is 2.25. The maximum absolute atomic E-state index is 14.6. The molecule has 12 heteroatoms. The van der Waals surface area contributed by atoms with Crippen molar-refractivity contribution in [2.24, 2.45) is 0 Å². The predicted octanol–water partition coefficient (Wildman–Crippen LogP) is 2.67. The van der Waals surface area contributed by atoms with Gasteiger partial charge in [-0.05, 0) is 43.5 Å². The summed E-state index contributed by atoms with van der Waals surface area (Å²) in [6.45, 7) is 5.63. The van der Waals surface area contributed by atoms with Gasteiger partial charge in [0, 0.05) is 57.5 Å². The summed E-state index contributed by atoms with van der Waals surface area (Å²) in [5.41, 5.74) is 0.832. The van der Waals surface area contributed by atoms with Crippen molar-refractivity contribution in [1.29, 1.82) is 0 Å². The Hall–Kier alpha value is -3.71. The van der Waals surface area contributed by atoms with E-state index in [2.05, 4.69) is 27.1 Å². The number of nitrogens with one attached hydrogen (secondary N) is 1. The van der Waals surface area contributed by atoms with E-state index in [1.54, 1.807) is 4.90 Å². The van der Waals surface area contributed by atoms with Crippen molar-refractivity contribution in [2.75, 3.05) is 71.4 Å². The molecule has 1 N–H and O–H groups in total. The van der Waals surface area contributed by atoms with Gasteiger partial charge in [-0.1, -0.05) is 23.5 Å². The lowest BCUT2D eigenvalue weighted by atomic mass is 10.1. The molecule has 3 aromatic rings. The van der Waals surface area contributed by atoms with Gasteiger partial charge in [-0.15, -0.1) is 0 Å². The van der Waals surface area contributed by atoms with E-state index in [9.17, 15) is 18.8 Å². The van der Waals surface area contributed by atoms with Gasteiger partial charge < -0.3 is 19.3 Å². The molecule has 5 rings (SSSR count). The second-order valence-electron chi connectivity index (χ2n) is 10.0. The van der Waals surface area contributed by atoms with Gasteiger partial charge in [-0.3, -0.25) is 24.6 Å². The Morgan fingerprint density at radius 3 is 2.71 bits per heavy atom. The Labute approximate surface area is 241 Å². The summed E-state index contributed by atoms with van der Waals surface area (Å²) in [5, 5.41) is 3.06. The van der Waals surface area contributed by atoms with Gasteiger partial charge in [0.15, 0.2) is 29.1 Å². The molecule has 2 fully saturated rings. The van der Waals surface area contributed by atoms with Gasteiger partial charge in [0.1, 0.15) is 0 Å². The fraction of sp³-hybridized carbons (Fsp3) is 0.379. The first-order valence-electron chi connectivity index (χ1n) is 13.5. The minimum absolute atomic E-state index is 0.0627. The molecule has 2 amide bonds. The second kappa shape index (κ2) is 13.3. The number of ether oxygens (including phenoxy) is 2. The van der Waals surface area contributed by atoms with Crippen LogP contribution >= 0.6 is 11.3 Å². The molecule has 0 bridgehead atoms. The van der Waals surface area contributed by atoms with Gasteiger partial charge in [0.2, 0.25) is 5.91 Å². The number of thiazole rings is 1. The van der Waals surface area contributed by atoms with Crippen LogP contribution in [-0.4, -0.2) is 109 Å². The average Bonchev–Trinajstić information content (AvgIpc) is 3.38. The minimum Gasteiger partial charge on any atom is -0.481 e. The molecule has 41 heavy (non-hydrogen) atoms. The topological polar surface area (TPSA) is 104 Å². The standard InChI is InChI=1S/C29H32FN5O5S/c1-33-10-12-34(13-11-33)17-21-18-35(14-15-39-21)28(38)9-7-24(36)20-6-8-25(22(30)16-20)40-19-27(37)32-29-31-23-4-2-3-5-26(23)41-29/h2-9,16,21H,10-15,17-19H2,1H3,(H,31,32,37). The Balaban J connectivity index is 1.09. The molecule has 3 heterocycles. The normalized spacial score (nSPS) is 18.6. The largest absolute Gasteiger partial charge is 0.481 e. The van der Waals surface area contributed by atoms with Gasteiger partial charge >= 0.3 is 0 Å². The molecule has 1 aromatic heterocycles. The number of aromatic nitrogens is 1. The zero-order valence-electron chi connectivity index (χ0n) is 22.8. The summed E-state index contributed by atoms with van der Waals surface area (Å²) in [5.74, 6) is -2.24. The molecule has 0 spiro atoms. The number of carbonyl (C=O) groups excluding carboxylic acids is 3. The lowest BCUT2D eigenvalue weighted by Crippen LogP contribution is -2.52. The number of fused-ring (bicyclic) bond motifs is 1. The van der Waals surface area contributed by atoms with E-state index in [0.717, 1.165) is 55.1 Å². The number of allylic oxidation sites excluding steroid dienone is 1. The van der Waals surface area contributed by atoms with E-state index in [1.165, 1.54) is 29.5 Å². The van der Waals surface area contributed by atoms with E-state index >= 15 is 0 Å². The highest BCUT2D eigenvalue weighted by atomic mass is 32.1. The van der Waals surface area contributed by atoms with Crippen molar-refractivity contribution in [2.45, 2.75) is 6.10 Å². The molecule has 216 valence electrons. The number of anilines is 1. The van der Waals surface area contributed by atoms with Crippen LogP contribution in [0.15, 0.2) is 54.6 Å². The van der Waals surface area contributed by atoms with Gasteiger partial charge in [0.05, 0.1) is 22.9 Å². The van der Waals surface area contributed by atoms with E-state index in [-0.39, 0.29) is 23.3 Å². The fourth-order valence-electron chi connectivity index (χ4n) is 4.69. The lowest BCUT2D eigenvalue weighted by molar-refractivity contribution is -0.134. The molecule has 10 nitrogen and oxygen atoms in total. The Morgan fingerprint density at radius 1 is 1.12 bits per heavy atom. The van der Waals surface area contributed by atoms with Crippen LogP contribution in [0, 0.1) is 5.82 Å². The molecule has 2 aromatic carbocycles. The first-order valence-corrected chi connectivity index (χ1v) is 14.3. The monoisotopic (exact) mass is 581 g/mol. The van der Waals surface area contributed by atoms with Gasteiger partial charge in [0.25, 0.3) is 5.91 Å². The van der Waals surface area contributed by atoms with Crippen molar-refractivity contribution >= 4 is 44.3 Å². The molecular formula is C29H32FN5O5S. The molecule has 0 radical (unpaired) electrons. The van der Waals surface area contributed by atoms with E-state index in [0.29, 0.717) is 24.8 Å². The highest BCUT2D eigenvalue weighted by molar-refractivity contribution is 7.22. The maximum Gasteiger partial charge on any atom is 0.264 e. The number of hydrogen-bond donors (Lipinski definition) is 1. The maximum atomic E-state index is 14.6. The number of hydrogen-bond acceptors (Lipinski definition) is 9. The zero-order chi connectivity index (χ0) is 28.8. The van der Waals surface area contributed by atoms with Crippen molar-refractivity contribution < 1.29 is 28.2 Å². The number of carbonyl (C=O) groups is 3. The van der Waals surface area contributed by atoms with Crippen LogP contribution in [0.4, 0.5) is 9.52 Å². The van der Waals surface area contributed by atoms with Gasteiger partial charge in [-0.2, -0.15) is 0 Å². The molecular weight excluding hydrogens is 549 g/mol. The number of rotatable bonds is 9. The number of para-hydroxylation sites is 1. The van der Waals surface area contributed by atoms with Crippen LogP contribution in [0.3, 0.4) is 0 Å². The predicted molar refractivity (Wildman–Crippen MR) is 154 cm³/mol. The first-order chi connectivity index (χ1) is 19.8. The van der Waals surface area contributed by atoms with Crippen molar-refractivity contribution in [1.82, 2.24) is 19.7 Å². The second-order valence-corrected chi connectivity index (χ2v) is 11.1. The Kier molecular flexibility index (Phi) is 9.35. The third-order valence-corrected chi connectivity index (χ3v) is 7.95. The van der Waals surface area contributed by atoms with Crippen molar-refractivity contribution in [3.63, 3.8) is 0 Å². The zero-order valence-corrected chi connectivity index (χ0v) is 23.6. The summed E-state index contributed by atoms with van der Waals surface area (Å²) in [6.07, 6.45) is 2.29. The lowest BCUT2D eigenvalue weighted by Gasteiger charge is -2.38. The third kappa shape index (κ3) is 7.73. The minimum atomic E-state index is -0.789. The van der Waals surface area contributed by atoms with Crippen molar-refractivity contribution in [3.8, 4) is 5.75 Å². The average molecular weight is 582 g/mol. The number of benzene rings is 2. The molecule has 2 aliphatic heterocycles. The number of piperazine rings is 1. The number of amides is 2. The summed E-state index contributed by atoms with van der Waals surface area (Å²) in [4.78, 5) is 48.2. The van der Waals surface area contributed by atoms with E-state index < -0.39 is 24.1 Å². The third-order valence-electron chi connectivity index (χ3n) is 7.00. The van der Waals surface area contributed by atoms with E-state index in [1.807, 2.05) is 24.3 Å². The molecule has 2 saturated heterocycles. The summed E-state index contributed by atoms with van der Waals surface area (Å²) in [7, 11) is 2.10. The number of ketones is 1. The number of morpholine rings is 1. The van der Waals surface area contributed by atoms with Crippen molar-refractivity contribution in [3.05, 3.63) is 66.0 Å². The highest BCUT2D eigenvalue weighted by Gasteiger charge is 2.26. The Bertz CT molecular complexity index is 1400. The SMILES string of the molecule is CN1CCN(CC2CN(C(=O)C=CC(=O)c3ccc(OCC(=O)Nc4nc5ccccc5s4)c(F)c3)CCO2)CC1.